The number of aldehydes is 1. The lowest BCUT2D eigenvalue weighted by Crippen LogP contribution is -2.02. The van der Waals surface area contributed by atoms with Gasteiger partial charge in [-0.3, -0.25) is 24.2 Å². The molecule has 0 bridgehead atoms. The van der Waals surface area contributed by atoms with E-state index in [9.17, 15) is 29.4 Å². The second-order valence-electron chi connectivity index (χ2n) is 27.2. The number of hydrogen-bond acceptors (Lipinski definition) is 16. The zero-order chi connectivity index (χ0) is 86.6. The number of para-hydroxylation sites is 12. The number of nitrogens with zero attached hydrogens (tertiary/aromatic N) is 6. The number of phenols is 3. The summed E-state index contributed by atoms with van der Waals surface area (Å²) in [5, 5.41) is 34.8. The summed E-state index contributed by atoms with van der Waals surface area (Å²) in [6.45, 7) is 6.16. The minimum Gasteiger partial charge on any atom is -0.507 e. The number of phenolic OH excluding ortho intramolecular Hbond substituents is 3. The zero-order valence-corrected chi connectivity index (χ0v) is 70.4. The molecule has 0 unspecified atom stereocenters. The monoisotopic (exact) mass is 1720 g/mol. The molecule has 18 aromatic rings. The number of aryl methyl sites for hydroxylation is 1. The Morgan fingerprint density at radius 3 is 0.875 bits per heavy atom. The number of aromatic nitrogens is 6. The summed E-state index contributed by atoms with van der Waals surface area (Å²) >= 11 is 0. The zero-order valence-electron chi connectivity index (χ0n) is 68.7. The Labute approximate surface area is 756 Å². The molecule has 18 heteroatoms. The van der Waals surface area contributed by atoms with Gasteiger partial charge in [-0.1, -0.05) is 263 Å². The van der Waals surface area contributed by atoms with E-state index in [1.807, 2.05) is 298 Å². The van der Waals surface area contributed by atoms with Crippen LogP contribution >= 0.6 is 24.8 Å². The first kappa shape index (κ1) is 96.8. The van der Waals surface area contributed by atoms with Crippen LogP contribution in [0.4, 0.5) is 0 Å². The van der Waals surface area contributed by atoms with Gasteiger partial charge in [0.1, 0.15) is 51.6 Å². The Morgan fingerprint density at radius 1 is 0.266 bits per heavy atom. The highest BCUT2D eigenvalue weighted by molar-refractivity contribution is 5.87. The molecule has 0 aliphatic heterocycles. The van der Waals surface area contributed by atoms with Crippen LogP contribution in [0.5, 0.6) is 34.5 Å². The molecule has 3 N–H and O–H groups in total. The highest BCUT2D eigenvalue weighted by Crippen LogP contribution is 2.26. The summed E-state index contributed by atoms with van der Waals surface area (Å²) < 4.78 is 15.5. The lowest BCUT2D eigenvalue weighted by atomic mass is 10.1. The van der Waals surface area contributed by atoms with Gasteiger partial charge in [-0.05, 0) is 182 Å². The molecule has 6 aromatic heterocycles. The fraction of sp³-hybridized carbons (Fsp3) is 0.0545. The van der Waals surface area contributed by atoms with E-state index in [2.05, 4.69) is 77.6 Å². The van der Waals surface area contributed by atoms with Gasteiger partial charge in [0.25, 0.3) is 0 Å². The predicted molar refractivity (Wildman–Crippen MR) is 522 cm³/mol. The SMILES string of the molecule is C.C.CC(=O)Oc1ccccc1/C=C/c1ccc2ccccc2n1.CC(=O)Oc1ccccc1/C=C/c1ccc2ccccc2n1.CC(=O)Oc1ccccc1C#Cc1ccc2ccccc2n1.Cc1ccc2ccccc2n1.Cl.Cl.O=Cc1ccccc1O.Oc1ccccc1C#Cc1ccc2ccccc2n1.Oc1ccccc1C#Cc1ccc2ccccc2n1. The maximum atomic E-state index is 11.1. The van der Waals surface area contributed by atoms with Crippen LogP contribution in [0.2, 0.25) is 0 Å². The fourth-order valence-corrected chi connectivity index (χ4v) is 12.0. The maximum Gasteiger partial charge on any atom is 0.308 e. The van der Waals surface area contributed by atoms with Crippen molar-refractivity contribution in [3.63, 3.8) is 0 Å². The summed E-state index contributed by atoms with van der Waals surface area (Å²) in [4.78, 5) is 70.4. The number of fused-ring (bicyclic) bond motifs is 6. The highest BCUT2D eigenvalue weighted by Gasteiger charge is 2.09. The summed E-state index contributed by atoms with van der Waals surface area (Å²) in [5.41, 5.74) is 14.5. The van der Waals surface area contributed by atoms with Crippen molar-refractivity contribution in [2.75, 3.05) is 0 Å². The third-order valence-corrected chi connectivity index (χ3v) is 18.0. The lowest BCUT2D eigenvalue weighted by molar-refractivity contribution is -0.132. The molecule has 0 atom stereocenters. The van der Waals surface area contributed by atoms with E-state index in [1.54, 1.807) is 78.9 Å². The van der Waals surface area contributed by atoms with E-state index in [1.165, 1.54) is 32.2 Å². The molecule has 16 nitrogen and oxygen atoms in total. The van der Waals surface area contributed by atoms with Crippen LogP contribution in [-0.2, 0) is 14.4 Å². The molecule has 12 aromatic carbocycles. The standard InChI is InChI=1S/2C19H15NO2.C19H13NO2.2C17H11NO.C10H9N.C7H6O2.2CH4.2ClH/c3*1-14(21)22-19-9-5-3-7-16(19)11-13-17-12-10-15-6-2-4-8-18(15)20-17;2*19-17-8-4-2-6-14(17)10-12-15-11-9-13-5-1-3-7-16(13)18-15;1-8-6-7-9-4-2-3-5-10(9)11-8;8-5-6-3-1-2-4-7(6)9;;;;/h2*2-13H,1H3;2-10,12H,1H3;2*1-9,11,19H;2-7H,1H3;1-5,9H;2*1H4;2*1H/b2*13-11+;;;;;;;;;. The topological polar surface area (TPSA) is 234 Å². The van der Waals surface area contributed by atoms with Crippen molar-refractivity contribution in [3.8, 4) is 70.0 Å². The molecule has 0 aliphatic carbocycles. The van der Waals surface area contributed by atoms with E-state index in [-0.39, 0.29) is 74.8 Å². The van der Waals surface area contributed by atoms with Crippen LogP contribution in [0.25, 0.3) is 89.7 Å². The molecule has 18 rings (SSSR count). The van der Waals surface area contributed by atoms with Gasteiger partial charge in [-0.25, -0.2) is 24.9 Å². The number of halogens is 2. The summed E-state index contributed by atoms with van der Waals surface area (Å²) in [6, 6.07) is 114. The number of pyridine rings is 6. The second kappa shape index (κ2) is 50.0. The molecule has 0 radical (unpaired) electrons. The predicted octanol–water partition coefficient (Wildman–Crippen LogP) is 24.8. The maximum absolute atomic E-state index is 11.1. The minimum absolute atomic E-state index is 0. The number of esters is 3. The van der Waals surface area contributed by atoms with Crippen molar-refractivity contribution in [2.24, 2.45) is 0 Å². The number of ether oxygens (including phenoxy) is 3. The molecule has 0 fully saturated rings. The summed E-state index contributed by atoms with van der Waals surface area (Å²) in [5.74, 6) is 18.8. The van der Waals surface area contributed by atoms with Crippen LogP contribution in [0, 0.1) is 42.4 Å². The van der Waals surface area contributed by atoms with Gasteiger partial charge in [0.05, 0.1) is 66.7 Å². The molecule has 634 valence electrons. The van der Waals surface area contributed by atoms with Gasteiger partial charge in [-0.15, -0.1) is 24.8 Å². The first-order chi connectivity index (χ1) is 60.5. The molecule has 6 heterocycles. The lowest BCUT2D eigenvalue weighted by Gasteiger charge is -2.04. The van der Waals surface area contributed by atoms with Gasteiger partial charge in [-0.2, -0.15) is 0 Å². The van der Waals surface area contributed by atoms with E-state index in [4.69, 9.17) is 19.3 Å². The molecule has 0 amide bonds. The van der Waals surface area contributed by atoms with Crippen molar-refractivity contribution in [1.82, 2.24) is 29.9 Å². The van der Waals surface area contributed by atoms with Crippen LogP contribution in [0.3, 0.4) is 0 Å². The van der Waals surface area contributed by atoms with Gasteiger partial charge in [0.15, 0.2) is 6.29 Å². The summed E-state index contributed by atoms with van der Waals surface area (Å²) in [7, 11) is 0. The van der Waals surface area contributed by atoms with E-state index in [0.29, 0.717) is 62.9 Å². The Morgan fingerprint density at radius 2 is 0.531 bits per heavy atom. The van der Waals surface area contributed by atoms with Crippen molar-refractivity contribution in [2.45, 2.75) is 42.5 Å². The van der Waals surface area contributed by atoms with E-state index in [0.717, 1.165) is 88.2 Å². The van der Waals surface area contributed by atoms with Crippen LogP contribution < -0.4 is 14.2 Å². The van der Waals surface area contributed by atoms with Gasteiger partial charge < -0.3 is 29.5 Å². The third kappa shape index (κ3) is 29.6. The Balaban J connectivity index is 0.000000186. The normalized spacial score (nSPS) is 9.91. The number of rotatable bonds is 8. The smallest absolute Gasteiger partial charge is 0.308 e. The van der Waals surface area contributed by atoms with Crippen molar-refractivity contribution in [1.29, 1.82) is 0 Å². The fourth-order valence-electron chi connectivity index (χ4n) is 12.0. The number of carbonyl (C=O) groups excluding carboxylic acids is 4. The van der Waals surface area contributed by atoms with Crippen LogP contribution in [-0.4, -0.2) is 69.4 Å². The largest absolute Gasteiger partial charge is 0.507 e. The molecular formula is C110H90Cl2N6O10. The quantitative estimate of drug-likeness (QED) is 0.0555. The first-order valence-electron chi connectivity index (χ1n) is 39.2. The average Bonchev–Trinajstić information content (AvgIpc) is 0.846. The van der Waals surface area contributed by atoms with E-state index >= 15 is 0 Å². The van der Waals surface area contributed by atoms with Crippen LogP contribution in [0.15, 0.2) is 364 Å². The molecule has 0 aliphatic rings. The Hall–Kier alpha value is -16.7. The van der Waals surface area contributed by atoms with Gasteiger partial charge >= 0.3 is 17.9 Å². The molecular weight excluding hydrogens is 1640 g/mol. The Kier molecular flexibility index (Phi) is 37.8. The number of hydrogen-bond donors (Lipinski definition) is 3. The minimum atomic E-state index is -0.363. The van der Waals surface area contributed by atoms with Crippen molar-refractivity contribution < 1.29 is 48.7 Å². The van der Waals surface area contributed by atoms with Gasteiger partial charge in [0, 0.05) is 69.9 Å². The van der Waals surface area contributed by atoms with Crippen molar-refractivity contribution >= 4 is 139 Å². The molecule has 0 saturated heterocycles. The molecule has 128 heavy (non-hydrogen) atoms. The molecule has 0 spiro atoms. The second-order valence-corrected chi connectivity index (χ2v) is 27.2. The number of aromatic hydroxyl groups is 3. The number of benzene rings is 12. The third-order valence-electron chi connectivity index (χ3n) is 18.0. The van der Waals surface area contributed by atoms with Crippen LogP contribution in [0.1, 0.15) is 108 Å². The summed E-state index contributed by atoms with van der Waals surface area (Å²) in [6.07, 6.45) is 8.24. The number of carbonyl (C=O) groups is 4. The van der Waals surface area contributed by atoms with Crippen molar-refractivity contribution in [3.05, 3.63) is 432 Å². The van der Waals surface area contributed by atoms with Gasteiger partial charge in [0.2, 0.25) is 0 Å². The molecule has 0 saturated carbocycles. The average molecular weight is 1730 g/mol. The first-order valence-corrected chi connectivity index (χ1v) is 39.2. The Bertz CT molecular complexity index is 6840. The highest BCUT2D eigenvalue weighted by atomic mass is 35.5. The van der Waals surface area contributed by atoms with E-state index < -0.39 is 0 Å².